The number of benzene rings is 1. The highest BCUT2D eigenvalue weighted by Crippen LogP contribution is 2.29. The SMILES string of the molecule is CC(CO)Sc1ccc(C(=O)O)cc1N. The van der Waals surface area contributed by atoms with Crippen molar-refractivity contribution >= 4 is 23.4 Å². The van der Waals surface area contributed by atoms with Gasteiger partial charge in [0.25, 0.3) is 0 Å². The lowest BCUT2D eigenvalue weighted by Crippen LogP contribution is -2.04. The Morgan fingerprint density at radius 1 is 1.60 bits per heavy atom. The minimum absolute atomic E-state index is 0.0444. The van der Waals surface area contributed by atoms with Crippen molar-refractivity contribution in [2.24, 2.45) is 0 Å². The van der Waals surface area contributed by atoms with Gasteiger partial charge in [-0.15, -0.1) is 11.8 Å². The molecule has 0 aliphatic heterocycles. The predicted molar refractivity (Wildman–Crippen MR) is 60.2 cm³/mol. The fourth-order valence-electron chi connectivity index (χ4n) is 1.04. The molecule has 1 rings (SSSR count). The van der Waals surface area contributed by atoms with Crippen molar-refractivity contribution in [1.82, 2.24) is 0 Å². The second-order valence-corrected chi connectivity index (χ2v) is 4.65. The van der Waals surface area contributed by atoms with Gasteiger partial charge in [0.15, 0.2) is 0 Å². The van der Waals surface area contributed by atoms with Gasteiger partial charge < -0.3 is 15.9 Å². The summed E-state index contributed by atoms with van der Waals surface area (Å²) < 4.78 is 0. The van der Waals surface area contributed by atoms with Gasteiger partial charge in [0.05, 0.1) is 12.2 Å². The van der Waals surface area contributed by atoms with E-state index in [0.717, 1.165) is 4.90 Å². The lowest BCUT2D eigenvalue weighted by molar-refractivity contribution is 0.0697. The first-order valence-corrected chi connectivity index (χ1v) is 5.33. The largest absolute Gasteiger partial charge is 0.478 e. The summed E-state index contributed by atoms with van der Waals surface area (Å²) in [5, 5.41) is 17.6. The molecule has 15 heavy (non-hydrogen) atoms. The Balaban J connectivity index is 2.88. The van der Waals surface area contributed by atoms with Gasteiger partial charge in [-0.05, 0) is 18.2 Å². The number of hydrogen-bond acceptors (Lipinski definition) is 4. The number of aromatic carboxylic acids is 1. The molecule has 4 N–H and O–H groups in total. The van der Waals surface area contributed by atoms with Crippen LogP contribution in [0.2, 0.25) is 0 Å². The third-order valence-corrected chi connectivity index (χ3v) is 3.02. The zero-order chi connectivity index (χ0) is 11.4. The number of rotatable bonds is 4. The Bertz CT molecular complexity index is 368. The van der Waals surface area contributed by atoms with E-state index in [4.69, 9.17) is 15.9 Å². The van der Waals surface area contributed by atoms with Crippen LogP contribution < -0.4 is 5.73 Å². The van der Waals surface area contributed by atoms with Crippen LogP contribution in [0.15, 0.2) is 23.1 Å². The molecule has 82 valence electrons. The molecular formula is C10H13NO3S. The molecule has 0 saturated carbocycles. The maximum absolute atomic E-state index is 10.6. The van der Waals surface area contributed by atoms with Crippen molar-refractivity contribution in [1.29, 1.82) is 0 Å². The average molecular weight is 227 g/mol. The van der Waals surface area contributed by atoms with Gasteiger partial charge in [0.1, 0.15) is 0 Å². The van der Waals surface area contributed by atoms with E-state index in [2.05, 4.69) is 0 Å². The molecule has 0 aliphatic rings. The summed E-state index contributed by atoms with van der Waals surface area (Å²) in [4.78, 5) is 11.4. The van der Waals surface area contributed by atoms with Crippen LogP contribution in [0.1, 0.15) is 17.3 Å². The van der Waals surface area contributed by atoms with E-state index in [1.54, 1.807) is 6.07 Å². The highest BCUT2D eigenvalue weighted by atomic mass is 32.2. The van der Waals surface area contributed by atoms with Crippen molar-refractivity contribution in [3.8, 4) is 0 Å². The van der Waals surface area contributed by atoms with Crippen LogP contribution in [-0.2, 0) is 0 Å². The summed E-state index contributed by atoms with van der Waals surface area (Å²) in [5.41, 5.74) is 6.30. The third kappa shape index (κ3) is 3.14. The number of anilines is 1. The fourth-order valence-corrected chi connectivity index (χ4v) is 1.89. The van der Waals surface area contributed by atoms with E-state index in [-0.39, 0.29) is 17.4 Å². The molecule has 0 heterocycles. The molecule has 1 aromatic rings. The zero-order valence-corrected chi connectivity index (χ0v) is 9.12. The maximum Gasteiger partial charge on any atom is 0.335 e. The van der Waals surface area contributed by atoms with Crippen LogP contribution in [0, 0.1) is 0 Å². The third-order valence-electron chi connectivity index (χ3n) is 1.84. The first-order chi connectivity index (χ1) is 7.04. The first kappa shape index (κ1) is 11.9. The minimum Gasteiger partial charge on any atom is -0.478 e. The maximum atomic E-state index is 10.6. The summed E-state index contributed by atoms with van der Waals surface area (Å²) in [6.07, 6.45) is 0. The zero-order valence-electron chi connectivity index (χ0n) is 8.30. The average Bonchev–Trinajstić information content (AvgIpc) is 2.20. The van der Waals surface area contributed by atoms with E-state index in [1.165, 1.54) is 23.9 Å². The number of carboxylic acids is 1. The van der Waals surface area contributed by atoms with E-state index >= 15 is 0 Å². The number of nitrogens with two attached hydrogens (primary N) is 1. The molecule has 0 bridgehead atoms. The van der Waals surface area contributed by atoms with Crippen LogP contribution in [0.3, 0.4) is 0 Å². The van der Waals surface area contributed by atoms with Crippen molar-refractivity contribution in [2.45, 2.75) is 17.1 Å². The first-order valence-electron chi connectivity index (χ1n) is 4.45. The number of aliphatic hydroxyl groups is 1. The standard InChI is InChI=1S/C10H13NO3S/c1-6(5-12)15-9-3-2-7(10(13)14)4-8(9)11/h2-4,6,12H,5,11H2,1H3,(H,13,14). The van der Waals surface area contributed by atoms with Crippen molar-refractivity contribution in [2.75, 3.05) is 12.3 Å². The summed E-state index contributed by atoms with van der Waals surface area (Å²) in [6.45, 7) is 1.93. The number of carbonyl (C=O) groups is 1. The topological polar surface area (TPSA) is 83.5 Å². The molecule has 1 atom stereocenters. The van der Waals surface area contributed by atoms with Crippen LogP contribution in [0.5, 0.6) is 0 Å². The van der Waals surface area contributed by atoms with Crippen LogP contribution in [0.25, 0.3) is 0 Å². The van der Waals surface area contributed by atoms with Gasteiger partial charge >= 0.3 is 5.97 Å². The minimum atomic E-state index is -0.992. The molecule has 1 unspecified atom stereocenters. The number of thioether (sulfide) groups is 1. The Morgan fingerprint density at radius 3 is 2.73 bits per heavy atom. The van der Waals surface area contributed by atoms with E-state index in [9.17, 15) is 4.79 Å². The second kappa shape index (κ2) is 5.04. The summed E-state index contributed by atoms with van der Waals surface area (Å²) in [7, 11) is 0. The normalized spacial score (nSPS) is 12.4. The summed E-state index contributed by atoms with van der Waals surface area (Å²) in [5.74, 6) is -0.992. The van der Waals surface area contributed by atoms with E-state index in [0.29, 0.717) is 5.69 Å². The predicted octanol–water partition coefficient (Wildman–Crippen LogP) is 1.44. The number of nitrogen functional groups attached to an aromatic ring is 1. The van der Waals surface area contributed by atoms with Crippen molar-refractivity contribution in [3.05, 3.63) is 23.8 Å². The lowest BCUT2D eigenvalue weighted by atomic mass is 10.2. The molecule has 4 nitrogen and oxygen atoms in total. The Labute approximate surface area is 92.1 Å². The van der Waals surface area contributed by atoms with Gasteiger partial charge in [-0.1, -0.05) is 6.92 Å². The highest BCUT2D eigenvalue weighted by molar-refractivity contribution is 8.00. The molecule has 0 fully saturated rings. The molecular weight excluding hydrogens is 214 g/mol. The van der Waals surface area contributed by atoms with Gasteiger partial charge in [-0.2, -0.15) is 0 Å². The van der Waals surface area contributed by atoms with Crippen LogP contribution in [0.4, 0.5) is 5.69 Å². The summed E-state index contributed by atoms with van der Waals surface area (Å²) >= 11 is 1.42. The molecule has 5 heteroatoms. The fraction of sp³-hybridized carbons (Fsp3) is 0.300. The molecule has 0 radical (unpaired) electrons. The molecule has 0 saturated heterocycles. The summed E-state index contributed by atoms with van der Waals surface area (Å²) in [6, 6.07) is 4.59. The second-order valence-electron chi connectivity index (χ2n) is 3.17. The Morgan fingerprint density at radius 2 is 2.27 bits per heavy atom. The molecule has 0 spiro atoms. The van der Waals surface area contributed by atoms with Crippen molar-refractivity contribution in [3.63, 3.8) is 0 Å². The quantitative estimate of drug-likeness (QED) is 0.535. The highest BCUT2D eigenvalue weighted by Gasteiger charge is 2.09. The van der Waals surface area contributed by atoms with Gasteiger partial charge in [0.2, 0.25) is 0 Å². The monoisotopic (exact) mass is 227 g/mol. The smallest absolute Gasteiger partial charge is 0.335 e. The Hall–Kier alpha value is -1.20. The Kier molecular flexibility index (Phi) is 3.99. The van der Waals surface area contributed by atoms with E-state index in [1.807, 2.05) is 6.92 Å². The van der Waals surface area contributed by atoms with Crippen LogP contribution in [-0.4, -0.2) is 28.0 Å². The van der Waals surface area contributed by atoms with Gasteiger partial charge in [-0.3, -0.25) is 0 Å². The lowest BCUT2D eigenvalue weighted by Gasteiger charge is -2.10. The van der Waals surface area contributed by atoms with E-state index < -0.39 is 5.97 Å². The van der Waals surface area contributed by atoms with Crippen molar-refractivity contribution < 1.29 is 15.0 Å². The van der Waals surface area contributed by atoms with Crippen LogP contribution >= 0.6 is 11.8 Å². The molecule has 0 aromatic heterocycles. The number of carboxylic acid groups (broad SMARTS) is 1. The number of hydrogen-bond donors (Lipinski definition) is 3. The van der Waals surface area contributed by atoms with Gasteiger partial charge in [-0.25, -0.2) is 4.79 Å². The molecule has 1 aromatic carbocycles. The van der Waals surface area contributed by atoms with Gasteiger partial charge in [0, 0.05) is 15.8 Å². The number of aliphatic hydroxyl groups excluding tert-OH is 1. The molecule has 0 aliphatic carbocycles. The molecule has 0 amide bonds.